The molecule has 2 heterocycles. The molecule has 1 aliphatic heterocycles. The number of rotatable bonds is 5. The predicted octanol–water partition coefficient (Wildman–Crippen LogP) is 5.00. The Bertz CT molecular complexity index is 793. The van der Waals surface area contributed by atoms with Crippen molar-refractivity contribution in [3.8, 4) is 0 Å². The molecule has 6 nitrogen and oxygen atoms in total. The number of amides is 3. The number of nitrogens with zero attached hydrogens (tertiary/aromatic N) is 2. The van der Waals surface area contributed by atoms with Gasteiger partial charge in [-0.15, -0.1) is 11.3 Å². The Balaban J connectivity index is 1.54. The molecule has 1 aromatic heterocycles. The van der Waals surface area contributed by atoms with Crippen molar-refractivity contribution in [3.05, 3.63) is 40.3 Å². The van der Waals surface area contributed by atoms with E-state index in [4.69, 9.17) is 0 Å². The Labute approximate surface area is 170 Å². The summed E-state index contributed by atoms with van der Waals surface area (Å²) in [6.07, 6.45) is 5.39. The van der Waals surface area contributed by atoms with Crippen molar-refractivity contribution < 1.29 is 9.59 Å². The number of nitrogens with one attached hydrogen (secondary N) is 2. The number of anilines is 2. The van der Waals surface area contributed by atoms with Crippen molar-refractivity contribution in [2.45, 2.75) is 46.0 Å². The molecule has 3 rings (SSSR count). The minimum absolute atomic E-state index is 0.0566. The quantitative estimate of drug-likeness (QED) is 0.741. The molecule has 1 aliphatic rings. The lowest BCUT2D eigenvalue weighted by atomic mass is 10.1. The summed E-state index contributed by atoms with van der Waals surface area (Å²) >= 11 is 1.52. The number of carbonyl (C=O) groups is 2. The molecule has 7 heteroatoms. The highest BCUT2D eigenvalue weighted by molar-refractivity contribution is 7.09. The summed E-state index contributed by atoms with van der Waals surface area (Å²) in [5.41, 5.74) is 1.84. The Kier molecular flexibility index (Phi) is 7.03. The smallest absolute Gasteiger partial charge is 0.321 e. The predicted molar refractivity (Wildman–Crippen MR) is 114 cm³/mol. The van der Waals surface area contributed by atoms with Gasteiger partial charge in [-0.05, 0) is 43.0 Å². The second kappa shape index (κ2) is 9.68. The molecule has 2 N–H and O–H groups in total. The molecule has 3 amide bonds. The van der Waals surface area contributed by atoms with Crippen LogP contribution in [-0.2, 0) is 6.42 Å². The standard InChI is InChI=1S/C21H28N4O2S/c1-15(2)13-19-24-18(14-28-19)20(26)22-16-7-9-17(10-8-16)23-21(27)25-11-5-3-4-6-12-25/h7-10,14-15H,3-6,11-13H2,1-2H3,(H,22,26)(H,23,27). The molecule has 0 radical (unpaired) electrons. The maximum absolute atomic E-state index is 12.4. The second-order valence-corrected chi connectivity index (χ2v) is 8.53. The first-order valence-electron chi connectivity index (χ1n) is 9.93. The SMILES string of the molecule is CC(C)Cc1nc(C(=O)Nc2ccc(NC(=O)N3CCCCCC3)cc2)cs1. The maximum Gasteiger partial charge on any atom is 0.321 e. The average Bonchev–Trinajstić information content (AvgIpc) is 2.95. The lowest BCUT2D eigenvalue weighted by Gasteiger charge is -2.20. The summed E-state index contributed by atoms with van der Waals surface area (Å²) in [5, 5.41) is 8.57. The summed E-state index contributed by atoms with van der Waals surface area (Å²) in [4.78, 5) is 31.0. The number of aromatic nitrogens is 1. The highest BCUT2D eigenvalue weighted by Crippen LogP contribution is 2.18. The zero-order valence-corrected chi connectivity index (χ0v) is 17.3. The summed E-state index contributed by atoms with van der Waals surface area (Å²) in [7, 11) is 0. The van der Waals surface area contributed by atoms with Gasteiger partial charge in [0.1, 0.15) is 5.69 Å². The third-order valence-corrected chi connectivity index (χ3v) is 5.53. The summed E-state index contributed by atoms with van der Waals surface area (Å²) < 4.78 is 0. The molecule has 1 fully saturated rings. The van der Waals surface area contributed by atoms with Crippen LogP contribution >= 0.6 is 11.3 Å². The lowest BCUT2D eigenvalue weighted by molar-refractivity contribution is 0.102. The average molecular weight is 401 g/mol. The number of likely N-dealkylation sites (tertiary alicyclic amines) is 1. The fourth-order valence-electron chi connectivity index (χ4n) is 3.17. The number of urea groups is 1. The molecule has 150 valence electrons. The molecule has 28 heavy (non-hydrogen) atoms. The van der Waals surface area contributed by atoms with Gasteiger partial charge < -0.3 is 15.5 Å². The van der Waals surface area contributed by atoms with Gasteiger partial charge in [-0.2, -0.15) is 0 Å². The Morgan fingerprint density at radius 2 is 1.64 bits per heavy atom. The number of hydrogen-bond acceptors (Lipinski definition) is 4. The Morgan fingerprint density at radius 3 is 2.25 bits per heavy atom. The highest BCUT2D eigenvalue weighted by Gasteiger charge is 2.16. The van der Waals surface area contributed by atoms with E-state index >= 15 is 0 Å². The molecule has 0 aliphatic carbocycles. The molecule has 0 unspecified atom stereocenters. The van der Waals surface area contributed by atoms with Crippen LogP contribution in [0.1, 0.15) is 55.0 Å². The summed E-state index contributed by atoms with van der Waals surface area (Å²) in [5.74, 6) is 0.298. The summed E-state index contributed by atoms with van der Waals surface area (Å²) in [6, 6.07) is 7.13. The van der Waals surface area contributed by atoms with E-state index in [1.165, 1.54) is 24.2 Å². The highest BCUT2D eigenvalue weighted by atomic mass is 32.1. The third-order valence-electron chi connectivity index (χ3n) is 4.65. The van der Waals surface area contributed by atoms with Crippen molar-refractivity contribution in [3.63, 3.8) is 0 Å². The van der Waals surface area contributed by atoms with Gasteiger partial charge in [0.25, 0.3) is 5.91 Å². The lowest BCUT2D eigenvalue weighted by Crippen LogP contribution is -2.35. The normalized spacial score (nSPS) is 14.6. The number of thiazole rings is 1. The van der Waals surface area contributed by atoms with Crippen LogP contribution in [0.15, 0.2) is 29.6 Å². The minimum Gasteiger partial charge on any atom is -0.325 e. The van der Waals surface area contributed by atoms with Gasteiger partial charge in [0, 0.05) is 36.3 Å². The zero-order valence-electron chi connectivity index (χ0n) is 16.5. The molecule has 0 spiro atoms. The van der Waals surface area contributed by atoms with Crippen molar-refractivity contribution in [2.24, 2.45) is 5.92 Å². The monoisotopic (exact) mass is 400 g/mol. The summed E-state index contributed by atoms with van der Waals surface area (Å²) in [6.45, 7) is 5.89. The van der Waals surface area contributed by atoms with E-state index in [9.17, 15) is 9.59 Å². The van der Waals surface area contributed by atoms with Gasteiger partial charge in [-0.1, -0.05) is 26.7 Å². The van der Waals surface area contributed by atoms with Crippen LogP contribution in [0, 0.1) is 5.92 Å². The largest absolute Gasteiger partial charge is 0.325 e. The molecule has 1 saturated heterocycles. The van der Waals surface area contributed by atoms with Gasteiger partial charge in [0.2, 0.25) is 0 Å². The van der Waals surface area contributed by atoms with Crippen LogP contribution < -0.4 is 10.6 Å². The van der Waals surface area contributed by atoms with Crippen molar-refractivity contribution in [2.75, 3.05) is 23.7 Å². The van der Waals surface area contributed by atoms with Crippen molar-refractivity contribution in [1.82, 2.24) is 9.88 Å². The van der Waals surface area contributed by atoms with Gasteiger partial charge in [0.15, 0.2) is 0 Å². The fourth-order valence-corrected chi connectivity index (χ4v) is 4.15. The number of hydrogen-bond donors (Lipinski definition) is 2. The van der Waals surface area contributed by atoms with Crippen molar-refractivity contribution in [1.29, 1.82) is 0 Å². The third kappa shape index (κ3) is 5.79. The Morgan fingerprint density at radius 1 is 1.04 bits per heavy atom. The van der Waals surface area contributed by atoms with E-state index in [0.29, 0.717) is 17.3 Å². The van der Waals surface area contributed by atoms with Crippen LogP contribution in [0.25, 0.3) is 0 Å². The molecule has 0 saturated carbocycles. The number of benzene rings is 1. The molecule has 0 atom stereocenters. The fraction of sp³-hybridized carbons (Fsp3) is 0.476. The maximum atomic E-state index is 12.4. The van der Waals surface area contributed by atoms with Gasteiger partial charge in [0.05, 0.1) is 5.01 Å². The van der Waals surface area contributed by atoms with Crippen LogP contribution in [-0.4, -0.2) is 34.9 Å². The van der Waals surface area contributed by atoms with E-state index in [2.05, 4.69) is 29.5 Å². The first-order valence-corrected chi connectivity index (χ1v) is 10.8. The van der Waals surface area contributed by atoms with E-state index in [0.717, 1.165) is 43.0 Å². The van der Waals surface area contributed by atoms with Crippen molar-refractivity contribution >= 4 is 34.6 Å². The van der Waals surface area contributed by atoms with Crippen LogP contribution in [0.4, 0.5) is 16.2 Å². The molecule has 2 aromatic rings. The van der Waals surface area contributed by atoms with Gasteiger partial charge in [-0.25, -0.2) is 9.78 Å². The molecular weight excluding hydrogens is 372 g/mol. The second-order valence-electron chi connectivity index (χ2n) is 7.59. The van der Waals surface area contributed by atoms with E-state index in [1.807, 2.05) is 4.90 Å². The van der Waals surface area contributed by atoms with Gasteiger partial charge >= 0.3 is 6.03 Å². The van der Waals surface area contributed by atoms with E-state index in [-0.39, 0.29) is 11.9 Å². The van der Waals surface area contributed by atoms with Crippen LogP contribution in [0.3, 0.4) is 0 Å². The molecule has 1 aromatic carbocycles. The number of carbonyl (C=O) groups excluding carboxylic acids is 2. The topological polar surface area (TPSA) is 74.3 Å². The zero-order chi connectivity index (χ0) is 19.9. The van der Waals surface area contributed by atoms with Crippen LogP contribution in [0.5, 0.6) is 0 Å². The first kappa shape index (κ1) is 20.3. The molecular formula is C21H28N4O2S. The first-order chi connectivity index (χ1) is 13.5. The van der Waals surface area contributed by atoms with Gasteiger partial charge in [-0.3, -0.25) is 4.79 Å². The Hall–Kier alpha value is -2.41. The van der Waals surface area contributed by atoms with E-state index < -0.39 is 0 Å². The minimum atomic E-state index is -0.215. The van der Waals surface area contributed by atoms with Crippen LogP contribution in [0.2, 0.25) is 0 Å². The van der Waals surface area contributed by atoms with E-state index in [1.54, 1.807) is 29.6 Å². The molecule has 0 bridgehead atoms.